The predicted octanol–water partition coefficient (Wildman–Crippen LogP) is 5.75. The van der Waals surface area contributed by atoms with E-state index >= 15 is 0 Å². The van der Waals surface area contributed by atoms with Crippen molar-refractivity contribution in [2.75, 3.05) is 0 Å². The molecule has 0 spiro atoms. The van der Waals surface area contributed by atoms with Crippen LogP contribution in [0, 0.1) is 0 Å². The summed E-state index contributed by atoms with van der Waals surface area (Å²) in [5.74, 6) is 0. The van der Waals surface area contributed by atoms with Crippen LogP contribution in [0.1, 0.15) is 72.1 Å². The molecule has 0 rings (SSSR count). The third kappa shape index (κ3) is 10.6. The Kier molecular flexibility index (Phi) is 11.5. The fraction of sp³-hybridized carbons (Fsp3) is 0.667. The smallest absolute Gasteiger partial charge is 0.0340 e. The van der Waals surface area contributed by atoms with E-state index < -0.39 is 0 Å². The summed E-state index contributed by atoms with van der Waals surface area (Å²) in [5, 5.41) is 3.61. The molecule has 0 aliphatic carbocycles. The summed E-state index contributed by atoms with van der Waals surface area (Å²) < 4.78 is 0. The topological polar surface area (TPSA) is 12.0 Å². The monoisotopic (exact) mass is 263 g/mol. The fourth-order valence-electron chi connectivity index (χ4n) is 2.25. The van der Waals surface area contributed by atoms with Crippen molar-refractivity contribution < 1.29 is 0 Å². The van der Waals surface area contributed by atoms with Crippen LogP contribution in [0.25, 0.3) is 0 Å². The van der Waals surface area contributed by atoms with Gasteiger partial charge in [-0.05, 0) is 32.0 Å². The molecule has 0 unspecified atom stereocenters. The van der Waals surface area contributed by atoms with Crippen LogP contribution < -0.4 is 5.32 Å². The molecule has 0 amide bonds. The number of allylic oxidation sites excluding steroid dienone is 4. The predicted molar refractivity (Wildman–Crippen MR) is 88.3 cm³/mol. The third-order valence-electron chi connectivity index (χ3n) is 3.55. The van der Waals surface area contributed by atoms with Crippen molar-refractivity contribution in [1.82, 2.24) is 5.32 Å². The highest BCUT2D eigenvalue weighted by Gasteiger charge is 2.20. The minimum Gasteiger partial charge on any atom is -0.386 e. The number of hydrogen-bond donors (Lipinski definition) is 1. The van der Waals surface area contributed by atoms with Gasteiger partial charge in [-0.2, -0.15) is 0 Å². The maximum atomic E-state index is 3.67. The Labute approximate surface area is 120 Å². The Hall–Kier alpha value is -0.980. The van der Waals surface area contributed by atoms with Gasteiger partial charge in [0.15, 0.2) is 0 Å². The molecule has 110 valence electrons. The van der Waals surface area contributed by atoms with Gasteiger partial charge in [-0.15, -0.1) is 0 Å². The van der Waals surface area contributed by atoms with Crippen LogP contribution in [0.15, 0.2) is 37.1 Å². The lowest BCUT2D eigenvalue weighted by Crippen LogP contribution is -2.38. The van der Waals surface area contributed by atoms with Crippen molar-refractivity contribution in [3.63, 3.8) is 0 Å². The number of unbranched alkanes of at least 4 members (excludes halogenated alkanes) is 4. The lowest BCUT2D eigenvalue weighted by molar-refractivity contribution is 0.321. The van der Waals surface area contributed by atoms with Gasteiger partial charge in [-0.25, -0.2) is 0 Å². The van der Waals surface area contributed by atoms with Crippen molar-refractivity contribution in [2.45, 2.75) is 77.7 Å². The molecule has 19 heavy (non-hydrogen) atoms. The van der Waals surface area contributed by atoms with Crippen LogP contribution in [0.3, 0.4) is 0 Å². The first-order chi connectivity index (χ1) is 9.18. The fourth-order valence-corrected chi connectivity index (χ4v) is 2.25. The summed E-state index contributed by atoms with van der Waals surface area (Å²) >= 11 is 0. The van der Waals surface area contributed by atoms with Gasteiger partial charge in [0, 0.05) is 5.54 Å². The third-order valence-corrected chi connectivity index (χ3v) is 3.55. The summed E-state index contributed by atoms with van der Waals surface area (Å²) in [6.07, 6.45) is 20.3. The van der Waals surface area contributed by atoms with Crippen LogP contribution in [0.4, 0.5) is 0 Å². The summed E-state index contributed by atoms with van der Waals surface area (Å²) in [6.45, 7) is 10.6. The Morgan fingerprint density at radius 1 is 0.895 bits per heavy atom. The van der Waals surface area contributed by atoms with E-state index in [2.05, 4.69) is 44.9 Å². The van der Waals surface area contributed by atoms with Gasteiger partial charge in [0.1, 0.15) is 0 Å². The highest BCUT2D eigenvalue weighted by atomic mass is 14.9. The van der Waals surface area contributed by atoms with Crippen LogP contribution in [0.2, 0.25) is 0 Å². The average molecular weight is 263 g/mol. The molecular formula is C18H33N. The van der Waals surface area contributed by atoms with E-state index in [4.69, 9.17) is 0 Å². The first kappa shape index (κ1) is 18.0. The first-order valence-corrected chi connectivity index (χ1v) is 7.90. The number of hydrogen-bond acceptors (Lipinski definition) is 1. The number of rotatable bonds is 12. The Morgan fingerprint density at radius 3 is 1.95 bits per heavy atom. The maximum absolute atomic E-state index is 3.67. The lowest BCUT2D eigenvalue weighted by Gasteiger charge is -2.30. The lowest BCUT2D eigenvalue weighted by atomic mass is 9.88. The summed E-state index contributed by atoms with van der Waals surface area (Å²) in [4.78, 5) is 0. The van der Waals surface area contributed by atoms with E-state index in [0.29, 0.717) is 0 Å². The normalized spacial score (nSPS) is 12.4. The van der Waals surface area contributed by atoms with Crippen LogP contribution in [0.5, 0.6) is 0 Å². The molecule has 0 saturated carbocycles. The standard InChI is InChI=1S/C18H33N/c1-5-8-11-14-17-19-18(4,15-12-9-6-2)16-13-10-7-3/h5,8,11,14,17,19H,1,6-7,9-10,12-13,15-16H2,2-4H3/b11-8-,17-14-. The average Bonchev–Trinajstić information content (AvgIpc) is 2.39. The number of nitrogens with one attached hydrogen (secondary N) is 1. The molecule has 1 N–H and O–H groups in total. The molecule has 0 atom stereocenters. The molecule has 0 radical (unpaired) electrons. The second kappa shape index (κ2) is 12.1. The largest absolute Gasteiger partial charge is 0.386 e. The maximum Gasteiger partial charge on any atom is 0.0340 e. The van der Waals surface area contributed by atoms with E-state index in [1.165, 1.54) is 51.4 Å². The minimum atomic E-state index is 0.253. The molecule has 0 aromatic rings. The Morgan fingerprint density at radius 2 is 1.47 bits per heavy atom. The molecule has 0 saturated heterocycles. The molecule has 0 aliphatic heterocycles. The van der Waals surface area contributed by atoms with E-state index in [1.807, 2.05) is 12.2 Å². The second-order valence-corrected chi connectivity index (χ2v) is 5.60. The molecule has 0 aromatic heterocycles. The molecule has 1 heteroatoms. The van der Waals surface area contributed by atoms with Crippen LogP contribution >= 0.6 is 0 Å². The zero-order valence-corrected chi connectivity index (χ0v) is 13.3. The van der Waals surface area contributed by atoms with Gasteiger partial charge in [-0.3, -0.25) is 0 Å². The van der Waals surface area contributed by atoms with Gasteiger partial charge in [0.05, 0.1) is 0 Å². The van der Waals surface area contributed by atoms with Gasteiger partial charge >= 0.3 is 0 Å². The molecule has 0 bridgehead atoms. The zero-order valence-electron chi connectivity index (χ0n) is 13.3. The molecule has 0 aromatic carbocycles. The zero-order chi connectivity index (χ0) is 14.4. The van der Waals surface area contributed by atoms with E-state index in [-0.39, 0.29) is 5.54 Å². The highest BCUT2D eigenvalue weighted by Crippen LogP contribution is 2.22. The van der Waals surface area contributed by atoms with Crippen LogP contribution in [-0.4, -0.2) is 5.54 Å². The summed E-state index contributed by atoms with van der Waals surface area (Å²) in [5.41, 5.74) is 0.253. The van der Waals surface area contributed by atoms with Gasteiger partial charge in [0.25, 0.3) is 0 Å². The first-order valence-electron chi connectivity index (χ1n) is 7.90. The van der Waals surface area contributed by atoms with Crippen LogP contribution in [-0.2, 0) is 0 Å². The quantitative estimate of drug-likeness (QED) is 0.349. The minimum absolute atomic E-state index is 0.253. The molecular weight excluding hydrogens is 230 g/mol. The van der Waals surface area contributed by atoms with E-state index in [0.717, 1.165) is 0 Å². The molecule has 0 heterocycles. The Balaban J connectivity index is 4.24. The van der Waals surface area contributed by atoms with Crippen molar-refractivity contribution in [2.24, 2.45) is 0 Å². The van der Waals surface area contributed by atoms with E-state index in [1.54, 1.807) is 6.08 Å². The summed E-state index contributed by atoms with van der Waals surface area (Å²) in [6, 6.07) is 0. The molecule has 0 aliphatic rings. The molecule has 0 fully saturated rings. The van der Waals surface area contributed by atoms with Crippen molar-refractivity contribution in [1.29, 1.82) is 0 Å². The van der Waals surface area contributed by atoms with E-state index in [9.17, 15) is 0 Å². The SMILES string of the molecule is C=C/C=C\C=C/NC(C)(CCCCC)CCCCC. The highest BCUT2D eigenvalue weighted by molar-refractivity contribution is 5.09. The van der Waals surface area contributed by atoms with Gasteiger partial charge in [0.2, 0.25) is 0 Å². The second-order valence-electron chi connectivity index (χ2n) is 5.60. The molecule has 1 nitrogen and oxygen atoms in total. The van der Waals surface area contributed by atoms with Crippen molar-refractivity contribution >= 4 is 0 Å². The van der Waals surface area contributed by atoms with Gasteiger partial charge < -0.3 is 5.32 Å². The van der Waals surface area contributed by atoms with Gasteiger partial charge in [-0.1, -0.05) is 77.2 Å². The summed E-state index contributed by atoms with van der Waals surface area (Å²) in [7, 11) is 0. The van der Waals surface area contributed by atoms with Crippen molar-refractivity contribution in [3.05, 3.63) is 37.1 Å². The Bertz CT molecular complexity index is 253. The van der Waals surface area contributed by atoms with Crippen molar-refractivity contribution in [3.8, 4) is 0 Å².